The minimum absolute atomic E-state index is 0.373. The summed E-state index contributed by atoms with van der Waals surface area (Å²) in [4.78, 5) is 0. The molecule has 110 valence electrons. The minimum Gasteiger partial charge on any atom is -0.309 e. The van der Waals surface area contributed by atoms with Gasteiger partial charge in [-0.3, -0.25) is 4.21 Å². The highest BCUT2D eigenvalue weighted by Gasteiger charge is 2.32. The topological polar surface area (TPSA) is 29.1 Å². The Morgan fingerprint density at radius 2 is 1.80 bits per heavy atom. The molecule has 2 aliphatic carbocycles. The molecule has 0 aliphatic heterocycles. The van der Waals surface area contributed by atoms with Crippen molar-refractivity contribution in [3.8, 4) is 0 Å². The van der Waals surface area contributed by atoms with E-state index in [1.165, 1.54) is 30.4 Å². The van der Waals surface area contributed by atoms with Crippen molar-refractivity contribution in [1.82, 2.24) is 5.32 Å². The second-order valence-electron chi connectivity index (χ2n) is 6.14. The molecule has 2 nitrogen and oxygen atoms in total. The minimum atomic E-state index is -0.656. The van der Waals surface area contributed by atoms with Gasteiger partial charge < -0.3 is 5.32 Å². The lowest BCUT2D eigenvalue weighted by Gasteiger charge is -2.33. The first-order valence-corrected chi connectivity index (χ1v) is 9.36. The SMILES string of the molecule is CC[S@](=O)[C@@H]1CCCC[C@H]1NC1Cc2ccccc2C1. The third-order valence-electron chi connectivity index (χ3n) is 4.83. The molecule has 0 aromatic heterocycles. The lowest BCUT2D eigenvalue weighted by molar-refractivity contribution is 0.344. The van der Waals surface area contributed by atoms with Crippen LogP contribution in [0.3, 0.4) is 0 Å². The van der Waals surface area contributed by atoms with Crippen LogP contribution in [0.25, 0.3) is 0 Å². The first kappa shape index (κ1) is 14.3. The summed E-state index contributed by atoms with van der Waals surface area (Å²) in [6.07, 6.45) is 7.14. The van der Waals surface area contributed by atoms with Crippen LogP contribution in [0.1, 0.15) is 43.7 Å². The molecule has 0 amide bonds. The molecule has 2 aliphatic rings. The van der Waals surface area contributed by atoms with Gasteiger partial charge in [0.2, 0.25) is 0 Å². The molecule has 0 unspecified atom stereocenters. The summed E-state index contributed by atoms with van der Waals surface area (Å²) in [6.45, 7) is 2.05. The van der Waals surface area contributed by atoms with Gasteiger partial charge in [0.25, 0.3) is 0 Å². The normalized spacial score (nSPS) is 28.2. The number of nitrogens with one attached hydrogen (secondary N) is 1. The van der Waals surface area contributed by atoms with Gasteiger partial charge in [0.05, 0.1) is 5.25 Å². The zero-order valence-corrected chi connectivity index (χ0v) is 13.1. The predicted octanol–water partition coefficient (Wildman–Crippen LogP) is 2.82. The number of fused-ring (bicyclic) bond motifs is 1. The highest BCUT2D eigenvalue weighted by Crippen LogP contribution is 2.27. The Hall–Kier alpha value is -0.670. The standard InChI is InChI=1S/C17H25NOS/c1-2-20(19)17-10-6-5-9-16(17)18-15-11-13-7-3-4-8-14(13)12-15/h3-4,7-8,15-18H,2,5-6,9-12H2,1H3/t16-,17-,20+/m1/s1. The van der Waals surface area contributed by atoms with Crippen molar-refractivity contribution >= 4 is 10.8 Å². The van der Waals surface area contributed by atoms with E-state index in [2.05, 4.69) is 29.6 Å². The van der Waals surface area contributed by atoms with E-state index in [1.54, 1.807) is 0 Å². The van der Waals surface area contributed by atoms with Gasteiger partial charge in [-0.25, -0.2) is 0 Å². The average molecular weight is 291 g/mol. The Kier molecular flexibility index (Phi) is 4.57. The van der Waals surface area contributed by atoms with Crippen LogP contribution in [-0.2, 0) is 23.6 Å². The Morgan fingerprint density at radius 1 is 1.15 bits per heavy atom. The summed E-state index contributed by atoms with van der Waals surface area (Å²) in [5.74, 6) is 0.799. The van der Waals surface area contributed by atoms with E-state index in [0.717, 1.165) is 25.0 Å². The van der Waals surface area contributed by atoms with Crippen LogP contribution in [0.2, 0.25) is 0 Å². The lowest BCUT2D eigenvalue weighted by Crippen LogP contribution is -2.49. The van der Waals surface area contributed by atoms with Gasteiger partial charge in [0, 0.05) is 28.6 Å². The number of hydrogen-bond donors (Lipinski definition) is 1. The monoisotopic (exact) mass is 291 g/mol. The van der Waals surface area contributed by atoms with Crippen LogP contribution < -0.4 is 5.32 Å². The van der Waals surface area contributed by atoms with Gasteiger partial charge >= 0.3 is 0 Å². The fourth-order valence-electron chi connectivity index (χ4n) is 3.80. The van der Waals surface area contributed by atoms with Crippen LogP contribution in [0, 0.1) is 0 Å². The maximum absolute atomic E-state index is 12.2. The van der Waals surface area contributed by atoms with Crippen molar-refractivity contribution in [3.05, 3.63) is 35.4 Å². The molecule has 1 saturated carbocycles. The Balaban J connectivity index is 1.64. The lowest BCUT2D eigenvalue weighted by atomic mass is 9.94. The Bertz CT molecular complexity index is 463. The molecule has 1 N–H and O–H groups in total. The highest BCUT2D eigenvalue weighted by atomic mass is 32.2. The first-order valence-electron chi connectivity index (χ1n) is 7.98. The van der Waals surface area contributed by atoms with Crippen LogP contribution in [0.4, 0.5) is 0 Å². The second-order valence-corrected chi connectivity index (χ2v) is 8.08. The third kappa shape index (κ3) is 2.99. The van der Waals surface area contributed by atoms with Gasteiger partial charge in [-0.1, -0.05) is 44.0 Å². The molecule has 0 heterocycles. The predicted molar refractivity (Wildman–Crippen MR) is 85.5 cm³/mol. The summed E-state index contributed by atoms with van der Waals surface area (Å²) in [6, 6.07) is 9.78. The maximum Gasteiger partial charge on any atom is 0.0501 e. The van der Waals surface area contributed by atoms with E-state index < -0.39 is 10.8 Å². The van der Waals surface area contributed by atoms with Gasteiger partial charge in [-0.2, -0.15) is 0 Å². The molecule has 3 atom stereocenters. The van der Waals surface area contributed by atoms with Gasteiger partial charge in [0.15, 0.2) is 0 Å². The Labute approximate surface area is 124 Å². The maximum atomic E-state index is 12.2. The Morgan fingerprint density at radius 3 is 2.45 bits per heavy atom. The molecule has 1 aromatic carbocycles. The molecule has 3 rings (SSSR count). The van der Waals surface area contributed by atoms with E-state index in [9.17, 15) is 4.21 Å². The van der Waals surface area contributed by atoms with Crippen molar-refractivity contribution in [1.29, 1.82) is 0 Å². The highest BCUT2D eigenvalue weighted by molar-refractivity contribution is 7.85. The molecular weight excluding hydrogens is 266 g/mol. The third-order valence-corrected chi connectivity index (χ3v) is 6.63. The van der Waals surface area contributed by atoms with E-state index in [-0.39, 0.29) is 0 Å². The molecule has 0 bridgehead atoms. The van der Waals surface area contributed by atoms with Gasteiger partial charge in [0.1, 0.15) is 0 Å². The van der Waals surface area contributed by atoms with E-state index in [0.29, 0.717) is 17.3 Å². The first-order chi connectivity index (χ1) is 9.78. The van der Waals surface area contributed by atoms with Crippen molar-refractivity contribution < 1.29 is 4.21 Å². The van der Waals surface area contributed by atoms with Gasteiger partial charge in [-0.05, 0) is 36.8 Å². The van der Waals surface area contributed by atoms with Gasteiger partial charge in [-0.15, -0.1) is 0 Å². The summed E-state index contributed by atoms with van der Waals surface area (Å²) >= 11 is 0. The molecular formula is C17H25NOS. The zero-order valence-electron chi connectivity index (χ0n) is 12.3. The smallest absolute Gasteiger partial charge is 0.0501 e. The fourth-order valence-corrected chi connectivity index (χ4v) is 5.23. The van der Waals surface area contributed by atoms with E-state index in [4.69, 9.17) is 0 Å². The molecule has 1 fully saturated rings. The van der Waals surface area contributed by atoms with Crippen molar-refractivity contribution in [3.63, 3.8) is 0 Å². The molecule has 3 heteroatoms. The molecule has 0 radical (unpaired) electrons. The quantitative estimate of drug-likeness (QED) is 0.924. The van der Waals surface area contributed by atoms with E-state index >= 15 is 0 Å². The summed E-state index contributed by atoms with van der Waals surface area (Å²) in [7, 11) is -0.656. The number of rotatable bonds is 4. The summed E-state index contributed by atoms with van der Waals surface area (Å²) < 4.78 is 12.2. The van der Waals surface area contributed by atoms with Crippen LogP contribution in [0.15, 0.2) is 24.3 Å². The molecule has 0 spiro atoms. The molecule has 0 saturated heterocycles. The molecule has 20 heavy (non-hydrogen) atoms. The van der Waals surface area contributed by atoms with Crippen LogP contribution >= 0.6 is 0 Å². The van der Waals surface area contributed by atoms with Crippen LogP contribution in [-0.4, -0.2) is 27.3 Å². The largest absolute Gasteiger partial charge is 0.309 e. The molecule has 1 aromatic rings. The zero-order chi connectivity index (χ0) is 13.9. The summed E-state index contributed by atoms with van der Waals surface area (Å²) in [5.41, 5.74) is 2.99. The van der Waals surface area contributed by atoms with Crippen molar-refractivity contribution in [2.24, 2.45) is 0 Å². The number of benzene rings is 1. The average Bonchev–Trinajstić information content (AvgIpc) is 2.89. The van der Waals surface area contributed by atoms with Crippen molar-refractivity contribution in [2.45, 2.75) is 62.8 Å². The van der Waals surface area contributed by atoms with E-state index in [1.807, 2.05) is 6.92 Å². The van der Waals surface area contributed by atoms with Crippen molar-refractivity contribution in [2.75, 3.05) is 5.75 Å². The number of hydrogen-bond acceptors (Lipinski definition) is 2. The second kappa shape index (κ2) is 6.40. The summed E-state index contributed by atoms with van der Waals surface area (Å²) in [5, 5.41) is 4.21. The fraction of sp³-hybridized carbons (Fsp3) is 0.647. The van der Waals surface area contributed by atoms with Crippen LogP contribution in [0.5, 0.6) is 0 Å².